The standard InChI is InChI=1S/C20H31N3O2S/c1-4-5-10-23-13-22-19-18(20(23)24)16-8-7-15(12-17(16)26-19)21-9-6-11-25-14(2)3/h13-15,21H,4-12H2,1-3H3. The van der Waals surface area contributed by atoms with Crippen LogP contribution in [0.2, 0.25) is 0 Å². The molecule has 0 saturated heterocycles. The third-order valence-electron chi connectivity index (χ3n) is 4.99. The number of aryl methyl sites for hydroxylation is 2. The summed E-state index contributed by atoms with van der Waals surface area (Å²) in [7, 11) is 0. The van der Waals surface area contributed by atoms with Crippen molar-refractivity contribution < 1.29 is 4.74 Å². The molecule has 0 saturated carbocycles. The molecule has 0 aromatic carbocycles. The summed E-state index contributed by atoms with van der Waals surface area (Å²) in [6.07, 6.45) is 8.25. The lowest BCUT2D eigenvalue weighted by molar-refractivity contribution is 0.0766. The minimum absolute atomic E-state index is 0.151. The SMILES string of the molecule is CCCCn1cnc2sc3c(c2c1=O)CCC(NCCCOC(C)C)C3. The molecule has 144 valence electrons. The number of thiophene rings is 1. The summed E-state index contributed by atoms with van der Waals surface area (Å²) in [5.74, 6) is 0. The molecule has 6 heteroatoms. The van der Waals surface area contributed by atoms with E-state index >= 15 is 0 Å². The number of fused-ring (bicyclic) bond motifs is 3. The van der Waals surface area contributed by atoms with Gasteiger partial charge in [-0.1, -0.05) is 13.3 Å². The Morgan fingerprint density at radius 3 is 3.04 bits per heavy atom. The molecule has 2 aromatic rings. The van der Waals surface area contributed by atoms with E-state index in [1.165, 1.54) is 10.4 Å². The Kier molecular flexibility index (Phi) is 6.84. The van der Waals surface area contributed by atoms with Crippen LogP contribution in [-0.4, -0.2) is 34.8 Å². The van der Waals surface area contributed by atoms with Crippen molar-refractivity contribution in [1.82, 2.24) is 14.9 Å². The molecule has 0 radical (unpaired) electrons. The molecule has 2 aromatic heterocycles. The van der Waals surface area contributed by atoms with Gasteiger partial charge in [0.2, 0.25) is 0 Å². The van der Waals surface area contributed by atoms with Crippen LogP contribution < -0.4 is 10.9 Å². The summed E-state index contributed by atoms with van der Waals surface area (Å²) in [6.45, 7) is 8.85. The smallest absolute Gasteiger partial charge is 0.262 e. The second-order valence-corrected chi connectivity index (χ2v) is 8.53. The second-order valence-electron chi connectivity index (χ2n) is 7.45. The summed E-state index contributed by atoms with van der Waals surface area (Å²) >= 11 is 1.71. The zero-order valence-electron chi connectivity index (χ0n) is 16.2. The average molecular weight is 378 g/mol. The van der Waals surface area contributed by atoms with Gasteiger partial charge >= 0.3 is 0 Å². The number of hydrogen-bond donors (Lipinski definition) is 1. The van der Waals surface area contributed by atoms with E-state index < -0.39 is 0 Å². The van der Waals surface area contributed by atoms with E-state index in [0.717, 1.165) is 68.4 Å². The molecule has 1 N–H and O–H groups in total. The van der Waals surface area contributed by atoms with Gasteiger partial charge < -0.3 is 10.1 Å². The lowest BCUT2D eigenvalue weighted by Gasteiger charge is -2.23. The number of aromatic nitrogens is 2. The van der Waals surface area contributed by atoms with Gasteiger partial charge in [0.05, 0.1) is 17.8 Å². The molecule has 1 atom stereocenters. The molecular formula is C20H31N3O2S. The van der Waals surface area contributed by atoms with Gasteiger partial charge in [-0.2, -0.15) is 0 Å². The molecule has 0 amide bonds. The van der Waals surface area contributed by atoms with E-state index in [1.54, 1.807) is 22.2 Å². The van der Waals surface area contributed by atoms with Crippen molar-refractivity contribution in [2.75, 3.05) is 13.2 Å². The fourth-order valence-electron chi connectivity index (χ4n) is 3.56. The highest BCUT2D eigenvalue weighted by molar-refractivity contribution is 7.18. The van der Waals surface area contributed by atoms with E-state index in [2.05, 4.69) is 31.1 Å². The molecule has 2 heterocycles. The number of rotatable bonds is 9. The van der Waals surface area contributed by atoms with Gasteiger partial charge in [-0.3, -0.25) is 9.36 Å². The number of ether oxygens (including phenoxy) is 1. The van der Waals surface area contributed by atoms with Crippen molar-refractivity contribution >= 4 is 21.6 Å². The minimum atomic E-state index is 0.151. The second kappa shape index (κ2) is 9.11. The Balaban J connectivity index is 1.65. The molecule has 0 aliphatic heterocycles. The average Bonchev–Trinajstić information content (AvgIpc) is 2.99. The number of hydrogen-bond acceptors (Lipinski definition) is 5. The summed E-state index contributed by atoms with van der Waals surface area (Å²) in [4.78, 5) is 19.7. The van der Waals surface area contributed by atoms with Gasteiger partial charge in [0, 0.05) is 24.1 Å². The Labute approximate surface area is 159 Å². The maximum Gasteiger partial charge on any atom is 0.262 e. The van der Waals surface area contributed by atoms with Gasteiger partial charge in [-0.05, 0) is 58.1 Å². The van der Waals surface area contributed by atoms with Gasteiger partial charge in [0.15, 0.2) is 0 Å². The first-order valence-corrected chi connectivity index (χ1v) is 10.8. The third-order valence-corrected chi connectivity index (χ3v) is 6.16. The number of nitrogens with zero attached hydrogens (tertiary/aromatic N) is 2. The highest BCUT2D eigenvalue weighted by Gasteiger charge is 2.24. The van der Waals surface area contributed by atoms with E-state index in [1.807, 2.05) is 0 Å². The lowest BCUT2D eigenvalue weighted by atomic mass is 9.93. The summed E-state index contributed by atoms with van der Waals surface area (Å²) < 4.78 is 7.39. The van der Waals surface area contributed by atoms with Crippen LogP contribution in [-0.2, 0) is 24.1 Å². The summed E-state index contributed by atoms with van der Waals surface area (Å²) in [5.41, 5.74) is 1.41. The van der Waals surface area contributed by atoms with Crippen molar-refractivity contribution in [2.24, 2.45) is 0 Å². The molecule has 3 rings (SSSR count). The van der Waals surface area contributed by atoms with Crippen molar-refractivity contribution in [2.45, 2.75) is 78.0 Å². The van der Waals surface area contributed by atoms with Crippen LogP contribution in [0.4, 0.5) is 0 Å². The Morgan fingerprint density at radius 1 is 1.42 bits per heavy atom. The Hall–Kier alpha value is -1.24. The van der Waals surface area contributed by atoms with Crippen LogP contribution in [0.25, 0.3) is 10.2 Å². The molecule has 26 heavy (non-hydrogen) atoms. The Bertz CT molecular complexity index is 781. The van der Waals surface area contributed by atoms with Crippen LogP contribution >= 0.6 is 11.3 Å². The predicted octanol–water partition coefficient (Wildman–Crippen LogP) is 3.52. The first kappa shape index (κ1) is 19.5. The van der Waals surface area contributed by atoms with Crippen LogP contribution in [0.1, 0.15) is 56.9 Å². The molecule has 5 nitrogen and oxygen atoms in total. The first-order valence-electron chi connectivity index (χ1n) is 9.94. The molecule has 1 aliphatic carbocycles. The van der Waals surface area contributed by atoms with Crippen LogP contribution in [0.3, 0.4) is 0 Å². The fraction of sp³-hybridized carbons (Fsp3) is 0.700. The van der Waals surface area contributed by atoms with Crippen molar-refractivity contribution in [3.8, 4) is 0 Å². The van der Waals surface area contributed by atoms with Crippen LogP contribution in [0.15, 0.2) is 11.1 Å². The topological polar surface area (TPSA) is 56.2 Å². The number of unbranched alkanes of at least 4 members (excludes halogenated alkanes) is 1. The van der Waals surface area contributed by atoms with E-state index in [9.17, 15) is 4.79 Å². The van der Waals surface area contributed by atoms with Crippen molar-refractivity contribution in [3.05, 3.63) is 27.1 Å². The molecule has 1 aliphatic rings. The van der Waals surface area contributed by atoms with Gasteiger partial charge in [0.1, 0.15) is 4.83 Å². The fourth-order valence-corrected chi connectivity index (χ4v) is 4.82. The van der Waals surface area contributed by atoms with Gasteiger partial charge in [0.25, 0.3) is 5.56 Å². The van der Waals surface area contributed by atoms with E-state index in [0.29, 0.717) is 12.1 Å². The monoisotopic (exact) mass is 377 g/mol. The lowest BCUT2D eigenvalue weighted by Crippen LogP contribution is -2.35. The van der Waals surface area contributed by atoms with Crippen molar-refractivity contribution in [3.63, 3.8) is 0 Å². The maximum absolute atomic E-state index is 12.8. The van der Waals surface area contributed by atoms with Crippen LogP contribution in [0.5, 0.6) is 0 Å². The highest BCUT2D eigenvalue weighted by atomic mass is 32.1. The quantitative estimate of drug-likeness (QED) is 0.679. The highest BCUT2D eigenvalue weighted by Crippen LogP contribution is 2.33. The summed E-state index contributed by atoms with van der Waals surface area (Å²) in [5, 5.41) is 4.54. The molecule has 1 unspecified atom stereocenters. The molecule has 0 spiro atoms. The number of nitrogens with one attached hydrogen (secondary N) is 1. The first-order chi connectivity index (χ1) is 12.6. The summed E-state index contributed by atoms with van der Waals surface area (Å²) in [6, 6.07) is 0.497. The Morgan fingerprint density at radius 2 is 2.27 bits per heavy atom. The molecule has 0 fully saturated rings. The predicted molar refractivity (Wildman–Crippen MR) is 108 cm³/mol. The van der Waals surface area contributed by atoms with E-state index in [-0.39, 0.29) is 5.56 Å². The molecular weight excluding hydrogens is 346 g/mol. The minimum Gasteiger partial charge on any atom is -0.379 e. The largest absolute Gasteiger partial charge is 0.379 e. The normalized spacial score (nSPS) is 17.2. The molecule has 0 bridgehead atoms. The van der Waals surface area contributed by atoms with Gasteiger partial charge in [-0.25, -0.2) is 4.98 Å². The van der Waals surface area contributed by atoms with Crippen molar-refractivity contribution in [1.29, 1.82) is 0 Å². The van der Waals surface area contributed by atoms with E-state index in [4.69, 9.17) is 4.74 Å². The van der Waals surface area contributed by atoms with Gasteiger partial charge in [-0.15, -0.1) is 11.3 Å². The zero-order chi connectivity index (χ0) is 18.5. The maximum atomic E-state index is 12.8. The zero-order valence-corrected chi connectivity index (χ0v) is 17.0. The van der Waals surface area contributed by atoms with Crippen LogP contribution in [0, 0.1) is 0 Å². The third kappa shape index (κ3) is 4.53.